The molecule has 102 valence electrons. The van der Waals surface area contributed by atoms with Crippen LogP contribution in [0.3, 0.4) is 0 Å². The van der Waals surface area contributed by atoms with Gasteiger partial charge in [-0.1, -0.05) is 19.1 Å². The maximum Gasteiger partial charge on any atom is 0.0727 e. The Morgan fingerprint density at radius 1 is 1.21 bits per heavy atom. The number of nitrogens with zero attached hydrogens (tertiary/aromatic N) is 2. The molecule has 1 aromatic carbocycles. The Morgan fingerprint density at radius 2 is 2.00 bits per heavy atom. The van der Waals surface area contributed by atoms with Crippen molar-refractivity contribution in [1.29, 1.82) is 0 Å². The van der Waals surface area contributed by atoms with E-state index in [1.165, 1.54) is 16.9 Å². The summed E-state index contributed by atoms with van der Waals surface area (Å²) < 4.78 is 1.85. The van der Waals surface area contributed by atoms with Crippen LogP contribution >= 0.6 is 11.8 Å². The molecule has 1 heterocycles. The maximum absolute atomic E-state index is 4.38. The number of nitrogens with one attached hydrogen (secondary N) is 1. The number of hydrogen-bond acceptors (Lipinski definition) is 3. The minimum absolute atomic E-state index is 0.925. The molecule has 0 aliphatic heterocycles. The molecular weight excluding hydrogens is 254 g/mol. The van der Waals surface area contributed by atoms with Crippen molar-refractivity contribution in [3.05, 3.63) is 47.8 Å². The Hall–Kier alpha value is -1.26. The monoisotopic (exact) mass is 275 g/mol. The molecule has 0 unspecified atom stereocenters. The summed E-state index contributed by atoms with van der Waals surface area (Å²) in [7, 11) is 1.95. The third kappa shape index (κ3) is 4.73. The van der Waals surface area contributed by atoms with Crippen LogP contribution in [-0.4, -0.2) is 16.3 Å². The van der Waals surface area contributed by atoms with Crippen LogP contribution in [-0.2, 0) is 19.3 Å². The van der Waals surface area contributed by atoms with E-state index >= 15 is 0 Å². The normalized spacial score (nSPS) is 10.8. The predicted octanol–water partition coefficient (Wildman–Crippen LogP) is 3.21. The number of benzene rings is 1. The summed E-state index contributed by atoms with van der Waals surface area (Å²) >= 11 is 1.83. The van der Waals surface area contributed by atoms with Crippen molar-refractivity contribution >= 4 is 11.8 Å². The molecule has 1 aromatic heterocycles. The first-order chi connectivity index (χ1) is 9.28. The average molecular weight is 275 g/mol. The largest absolute Gasteiger partial charge is 0.313 e. The van der Waals surface area contributed by atoms with Gasteiger partial charge in [0.1, 0.15) is 0 Å². The van der Waals surface area contributed by atoms with E-state index in [2.05, 4.69) is 47.7 Å². The molecule has 2 rings (SSSR count). The van der Waals surface area contributed by atoms with Crippen molar-refractivity contribution in [3.63, 3.8) is 0 Å². The molecule has 4 heteroatoms. The van der Waals surface area contributed by atoms with E-state index in [0.717, 1.165) is 24.5 Å². The van der Waals surface area contributed by atoms with Crippen LogP contribution in [0.4, 0.5) is 0 Å². The summed E-state index contributed by atoms with van der Waals surface area (Å²) in [6.07, 6.45) is 3.16. The SMILES string of the molecule is CCCNCc1ccc(SCc2ccn(C)n2)cc1. The summed E-state index contributed by atoms with van der Waals surface area (Å²) in [5.41, 5.74) is 2.47. The van der Waals surface area contributed by atoms with Crippen molar-refractivity contribution in [2.45, 2.75) is 30.5 Å². The summed E-state index contributed by atoms with van der Waals surface area (Å²) in [6, 6.07) is 10.8. The zero-order valence-electron chi connectivity index (χ0n) is 11.6. The fourth-order valence-corrected chi connectivity index (χ4v) is 2.61. The molecule has 19 heavy (non-hydrogen) atoms. The van der Waals surface area contributed by atoms with Gasteiger partial charge in [-0.05, 0) is 36.7 Å². The quantitative estimate of drug-likeness (QED) is 0.621. The highest BCUT2D eigenvalue weighted by atomic mass is 32.2. The second kappa shape index (κ2) is 7.36. The van der Waals surface area contributed by atoms with Gasteiger partial charge < -0.3 is 5.32 Å². The first kappa shape index (κ1) is 14.2. The maximum atomic E-state index is 4.38. The number of aryl methyl sites for hydroxylation is 1. The smallest absolute Gasteiger partial charge is 0.0727 e. The lowest BCUT2D eigenvalue weighted by atomic mass is 10.2. The molecule has 0 radical (unpaired) electrons. The highest BCUT2D eigenvalue weighted by Crippen LogP contribution is 2.22. The van der Waals surface area contributed by atoms with E-state index in [-0.39, 0.29) is 0 Å². The van der Waals surface area contributed by atoms with E-state index < -0.39 is 0 Å². The number of aromatic nitrogens is 2. The molecule has 2 aromatic rings. The van der Waals surface area contributed by atoms with E-state index in [4.69, 9.17) is 0 Å². The molecule has 0 saturated carbocycles. The van der Waals surface area contributed by atoms with Gasteiger partial charge in [-0.3, -0.25) is 4.68 Å². The van der Waals surface area contributed by atoms with E-state index in [0.29, 0.717) is 0 Å². The van der Waals surface area contributed by atoms with Crippen molar-refractivity contribution in [3.8, 4) is 0 Å². The van der Waals surface area contributed by atoms with Gasteiger partial charge in [0.2, 0.25) is 0 Å². The van der Waals surface area contributed by atoms with Gasteiger partial charge in [-0.2, -0.15) is 5.10 Å². The van der Waals surface area contributed by atoms with Crippen LogP contribution in [0.25, 0.3) is 0 Å². The predicted molar refractivity (Wildman–Crippen MR) is 81.2 cm³/mol. The Morgan fingerprint density at radius 3 is 2.63 bits per heavy atom. The van der Waals surface area contributed by atoms with Crippen LogP contribution in [0.1, 0.15) is 24.6 Å². The van der Waals surface area contributed by atoms with Crippen molar-refractivity contribution in [2.24, 2.45) is 7.05 Å². The van der Waals surface area contributed by atoms with E-state index in [9.17, 15) is 0 Å². The molecule has 3 nitrogen and oxygen atoms in total. The van der Waals surface area contributed by atoms with Gasteiger partial charge in [0.25, 0.3) is 0 Å². The minimum atomic E-state index is 0.925. The number of rotatable bonds is 7. The Balaban J connectivity index is 1.81. The molecule has 0 aliphatic rings. The Kier molecular flexibility index (Phi) is 5.48. The summed E-state index contributed by atoms with van der Waals surface area (Å²) in [4.78, 5) is 1.30. The molecule has 0 fully saturated rings. The van der Waals surface area contributed by atoms with Gasteiger partial charge >= 0.3 is 0 Å². The zero-order chi connectivity index (χ0) is 13.5. The highest BCUT2D eigenvalue weighted by Gasteiger charge is 1.99. The van der Waals surface area contributed by atoms with Crippen molar-refractivity contribution in [1.82, 2.24) is 15.1 Å². The first-order valence-corrected chi connectivity index (χ1v) is 7.67. The molecule has 0 spiro atoms. The van der Waals surface area contributed by atoms with Gasteiger partial charge in [0.05, 0.1) is 5.69 Å². The molecule has 0 atom stereocenters. The van der Waals surface area contributed by atoms with Gasteiger partial charge in [-0.25, -0.2) is 0 Å². The lowest BCUT2D eigenvalue weighted by Gasteiger charge is -2.04. The van der Waals surface area contributed by atoms with Crippen LogP contribution in [0, 0.1) is 0 Å². The molecule has 0 saturated heterocycles. The topological polar surface area (TPSA) is 29.9 Å². The third-order valence-electron chi connectivity index (χ3n) is 2.83. The Bertz CT molecular complexity index is 490. The van der Waals surface area contributed by atoms with Crippen LogP contribution < -0.4 is 5.32 Å². The molecule has 0 amide bonds. The van der Waals surface area contributed by atoms with Crippen LogP contribution in [0.5, 0.6) is 0 Å². The number of hydrogen-bond donors (Lipinski definition) is 1. The van der Waals surface area contributed by atoms with Gasteiger partial charge in [0, 0.05) is 30.4 Å². The third-order valence-corrected chi connectivity index (χ3v) is 3.88. The van der Waals surface area contributed by atoms with E-state index in [1.54, 1.807) is 0 Å². The van der Waals surface area contributed by atoms with Gasteiger partial charge in [0.15, 0.2) is 0 Å². The van der Waals surface area contributed by atoms with Crippen LogP contribution in [0.15, 0.2) is 41.4 Å². The Labute approximate surface area is 119 Å². The molecule has 0 aliphatic carbocycles. The summed E-state index contributed by atoms with van der Waals surface area (Å²) in [5.74, 6) is 0.925. The van der Waals surface area contributed by atoms with Crippen molar-refractivity contribution in [2.75, 3.05) is 6.54 Å². The number of thioether (sulfide) groups is 1. The fraction of sp³-hybridized carbons (Fsp3) is 0.400. The molecular formula is C15H21N3S. The van der Waals surface area contributed by atoms with Gasteiger partial charge in [-0.15, -0.1) is 11.8 Å². The zero-order valence-corrected chi connectivity index (χ0v) is 12.4. The molecule has 1 N–H and O–H groups in total. The minimum Gasteiger partial charge on any atom is -0.313 e. The van der Waals surface area contributed by atoms with Crippen LogP contribution in [0.2, 0.25) is 0 Å². The summed E-state index contributed by atoms with van der Waals surface area (Å²) in [5, 5.41) is 7.79. The standard InChI is InChI=1S/C15H21N3S/c1-3-9-16-11-13-4-6-15(7-5-13)19-12-14-8-10-18(2)17-14/h4-8,10,16H,3,9,11-12H2,1-2H3. The fourth-order valence-electron chi connectivity index (χ4n) is 1.81. The first-order valence-electron chi connectivity index (χ1n) is 6.69. The van der Waals surface area contributed by atoms with Crippen molar-refractivity contribution < 1.29 is 0 Å². The highest BCUT2D eigenvalue weighted by molar-refractivity contribution is 7.98. The average Bonchev–Trinajstić information content (AvgIpc) is 2.84. The second-order valence-electron chi connectivity index (χ2n) is 4.59. The second-order valence-corrected chi connectivity index (χ2v) is 5.64. The lowest BCUT2D eigenvalue weighted by molar-refractivity contribution is 0.675. The molecule has 0 bridgehead atoms. The summed E-state index contributed by atoms with van der Waals surface area (Å²) in [6.45, 7) is 4.22. The lowest BCUT2D eigenvalue weighted by Crippen LogP contribution is -2.13. The van der Waals surface area contributed by atoms with E-state index in [1.807, 2.05) is 29.7 Å².